The summed E-state index contributed by atoms with van der Waals surface area (Å²) in [6.07, 6.45) is 0. The van der Waals surface area contributed by atoms with Crippen LogP contribution in [0.3, 0.4) is 0 Å². The number of H-pyrrole nitrogens is 2. The number of benzene rings is 2. The molecule has 0 fully saturated rings. The Morgan fingerprint density at radius 1 is 1.05 bits per heavy atom. The molecule has 21 heavy (non-hydrogen) atoms. The second kappa shape index (κ2) is 4.94. The van der Waals surface area contributed by atoms with E-state index in [0.717, 1.165) is 16.8 Å². The van der Waals surface area contributed by atoms with E-state index in [1.807, 2.05) is 32.0 Å². The molecule has 3 rings (SSSR count). The zero-order valence-electron chi connectivity index (χ0n) is 11.8. The van der Waals surface area contributed by atoms with Gasteiger partial charge in [0.15, 0.2) is 0 Å². The molecule has 1 heterocycles. The van der Waals surface area contributed by atoms with Crippen LogP contribution in [0.25, 0.3) is 11.0 Å². The Hall–Kier alpha value is -2.82. The molecule has 3 aromatic rings. The summed E-state index contributed by atoms with van der Waals surface area (Å²) in [6.45, 7) is 3.96. The molecule has 0 radical (unpaired) electrons. The minimum atomic E-state index is -0.323. The van der Waals surface area contributed by atoms with Crippen molar-refractivity contribution in [2.24, 2.45) is 0 Å². The number of fused-ring (bicyclic) bond motifs is 1. The fourth-order valence-corrected chi connectivity index (χ4v) is 2.49. The average molecular weight is 281 g/mol. The Morgan fingerprint density at radius 2 is 1.76 bits per heavy atom. The number of hydrogen-bond donors (Lipinski definition) is 3. The number of aromatic amines is 2. The van der Waals surface area contributed by atoms with Gasteiger partial charge in [0.2, 0.25) is 0 Å². The summed E-state index contributed by atoms with van der Waals surface area (Å²) >= 11 is 0. The lowest BCUT2D eigenvalue weighted by Gasteiger charge is -2.08. The van der Waals surface area contributed by atoms with Crippen molar-refractivity contribution in [2.75, 3.05) is 5.32 Å². The Bertz CT molecular complexity index is 870. The number of anilines is 1. The van der Waals surface area contributed by atoms with Crippen molar-refractivity contribution >= 4 is 22.6 Å². The highest BCUT2D eigenvalue weighted by molar-refractivity contribution is 6.11. The summed E-state index contributed by atoms with van der Waals surface area (Å²) in [5.74, 6) is -0.249. The highest BCUT2D eigenvalue weighted by Gasteiger charge is 2.12. The van der Waals surface area contributed by atoms with Crippen LogP contribution < -0.4 is 11.0 Å². The van der Waals surface area contributed by atoms with Gasteiger partial charge in [0.05, 0.1) is 16.6 Å². The molecule has 5 heteroatoms. The van der Waals surface area contributed by atoms with Crippen molar-refractivity contribution < 1.29 is 4.79 Å². The SMILES string of the molecule is Cc1cc(C)cc(NC(=O)c2cccc3[nH]c(=O)[nH]c23)c1. The van der Waals surface area contributed by atoms with E-state index in [-0.39, 0.29) is 11.6 Å². The highest BCUT2D eigenvalue weighted by Crippen LogP contribution is 2.18. The second-order valence-corrected chi connectivity index (χ2v) is 5.14. The topological polar surface area (TPSA) is 77.8 Å². The fraction of sp³-hybridized carbons (Fsp3) is 0.125. The third kappa shape index (κ3) is 2.58. The maximum Gasteiger partial charge on any atom is 0.323 e. The van der Waals surface area contributed by atoms with Crippen molar-refractivity contribution in [3.05, 3.63) is 63.6 Å². The molecule has 0 bridgehead atoms. The quantitative estimate of drug-likeness (QED) is 0.675. The van der Waals surface area contributed by atoms with Crippen LogP contribution in [-0.4, -0.2) is 15.9 Å². The normalized spacial score (nSPS) is 10.8. The van der Waals surface area contributed by atoms with Crippen LogP contribution in [0.1, 0.15) is 21.5 Å². The Morgan fingerprint density at radius 3 is 2.48 bits per heavy atom. The summed E-state index contributed by atoms with van der Waals surface area (Å²) in [7, 11) is 0. The first-order chi connectivity index (χ1) is 10.0. The molecular weight excluding hydrogens is 266 g/mol. The van der Waals surface area contributed by atoms with Crippen LogP contribution in [0.15, 0.2) is 41.2 Å². The third-order valence-electron chi connectivity index (χ3n) is 3.28. The summed E-state index contributed by atoms with van der Waals surface area (Å²) in [5.41, 5.74) is 4.16. The van der Waals surface area contributed by atoms with Crippen molar-refractivity contribution in [2.45, 2.75) is 13.8 Å². The minimum absolute atomic E-state index is 0.249. The largest absolute Gasteiger partial charge is 0.323 e. The van der Waals surface area contributed by atoms with Gasteiger partial charge in [-0.3, -0.25) is 4.79 Å². The lowest BCUT2D eigenvalue weighted by Crippen LogP contribution is -2.13. The van der Waals surface area contributed by atoms with Crippen LogP contribution in [0.2, 0.25) is 0 Å². The first kappa shape index (κ1) is 13.2. The molecule has 0 saturated carbocycles. The molecule has 2 aromatic carbocycles. The van der Waals surface area contributed by atoms with Crippen LogP contribution in [0.5, 0.6) is 0 Å². The number of hydrogen-bond acceptors (Lipinski definition) is 2. The third-order valence-corrected chi connectivity index (χ3v) is 3.28. The van der Waals surface area contributed by atoms with E-state index in [9.17, 15) is 9.59 Å². The van der Waals surface area contributed by atoms with Gasteiger partial charge in [0, 0.05) is 5.69 Å². The minimum Gasteiger partial charge on any atom is -0.322 e. The molecule has 106 valence electrons. The molecule has 0 saturated heterocycles. The van der Waals surface area contributed by atoms with Crippen LogP contribution in [0, 0.1) is 13.8 Å². The lowest BCUT2D eigenvalue weighted by molar-refractivity contribution is 0.102. The van der Waals surface area contributed by atoms with Crippen LogP contribution in [0.4, 0.5) is 5.69 Å². The molecule has 1 aromatic heterocycles. The number of rotatable bonds is 2. The summed E-state index contributed by atoms with van der Waals surface area (Å²) in [6, 6.07) is 11.0. The van der Waals surface area contributed by atoms with Gasteiger partial charge < -0.3 is 15.3 Å². The summed E-state index contributed by atoms with van der Waals surface area (Å²) in [5, 5.41) is 2.87. The number of carbonyl (C=O) groups excluding carboxylic acids is 1. The maximum absolute atomic E-state index is 12.4. The van der Waals surface area contributed by atoms with E-state index in [4.69, 9.17) is 0 Å². The van der Waals surface area contributed by atoms with E-state index in [1.165, 1.54) is 0 Å². The molecule has 5 nitrogen and oxygen atoms in total. The van der Waals surface area contributed by atoms with Gasteiger partial charge in [-0.15, -0.1) is 0 Å². The highest BCUT2D eigenvalue weighted by atomic mass is 16.2. The molecule has 0 aliphatic carbocycles. The van der Waals surface area contributed by atoms with Gasteiger partial charge in [-0.2, -0.15) is 0 Å². The molecule has 0 spiro atoms. The molecule has 3 N–H and O–H groups in total. The Balaban J connectivity index is 1.99. The van der Waals surface area contributed by atoms with Gasteiger partial charge >= 0.3 is 5.69 Å². The monoisotopic (exact) mass is 281 g/mol. The number of nitrogens with one attached hydrogen (secondary N) is 3. The lowest BCUT2D eigenvalue weighted by atomic mass is 10.1. The number of para-hydroxylation sites is 1. The van der Waals surface area contributed by atoms with E-state index < -0.39 is 0 Å². The first-order valence-corrected chi connectivity index (χ1v) is 6.63. The average Bonchev–Trinajstić information content (AvgIpc) is 2.77. The van der Waals surface area contributed by atoms with Crippen LogP contribution >= 0.6 is 0 Å². The molecule has 0 aliphatic heterocycles. The first-order valence-electron chi connectivity index (χ1n) is 6.63. The maximum atomic E-state index is 12.4. The van der Waals surface area contributed by atoms with E-state index in [0.29, 0.717) is 16.6 Å². The molecule has 0 atom stereocenters. The van der Waals surface area contributed by atoms with Crippen molar-refractivity contribution in [3.8, 4) is 0 Å². The summed E-state index contributed by atoms with van der Waals surface area (Å²) < 4.78 is 0. The van der Waals surface area contributed by atoms with Gasteiger partial charge in [-0.05, 0) is 49.2 Å². The van der Waals surface area contributed by atoms with Gasteiger partial charge in [0.1, 0.15) is 0 Å². The predicted octanol–water partition coefficient (Wildman–Crippen LogP) is 2.73. The molecule has 0 unspecified atom stereocenters. The Kier molecular flexibility index (Phi) is 3.10. The second-order valence-electron chi connectivity index (χ2n) is 5.14. The molecular formula is C16H15N3O2. The van der Waals surface area contributed by atoms with E-state index in [2.05, 4.69) is 15.3 Å². The number of carbonyl (C=O) groups is 1. The molecule has 1 amide bonds. The number of imidazole rings is 1. The van der Waals surface area contributed by atoms with Crippen molar-refractivity contribution in [1.82, 2.24) is 9.97 Å². The smallest absolute Gasteiger partial charge is 0.322 e. The fourth-order valence-electron chi connectivity index (χ4n) is 2.49. The molecule has 0 aliphatic rings. The van der Waals surface area contributed by atoms with Gasteiger partial charge in [-0.25, -0.2) is 4.79 Å². The number of amides is 1. The van der Waals surface area contributed by atoms with E-state index in [1.54, 1.807) is 18.2 Å². The van der Waals surface area contributed by atoms with Crippen molar-refractivity contribution in [3.63, 3.8) is 0 Å². The summed E-state index contributed by atoms with van der Waals surface area (Å²) in [4.78, 5) is 29.1. The van der Waals surface area contributed by atoms with E-state index >= 15 is 0 Å². The van der Waals surface area contributed by atoms with Gasteiger partial charge in [0.25, 0.3) is 5.91 Å². The zero-order valence-corrected chi connectivity index (χ0v) is 11.8. The van der Waals surface area contributed by atoms with Crippen LogP contribution in [-0.2, 0) is 0 Å². The number of aromatic nitrogens is 2. The van der Waals surface area contributed by atoms with Gasteiger partial charge in [-0.1, -0.05) is 12.1 Å². The Labute approximate surface area is 121 Å². The standard InChI is InChI=1S/C16H15N3O2/c1-9-6-10(2)8-11(7-9)17-15(20)12-4-3-5-13-14(12)19-16(21)18-13/h3-8H,1-2H3,(H,17,20)(H2,18,19,21). The number of aryl methyl sites for hydroxylation is 2. The van der Waals surface area contributed by atoms with Crippen molar-refractivity contribution in [1.29, 1.82) is 0 Å². The zero-order chi connectivity index (χ0) is 15.0. The predicted molar refractivity (Wildman–Crippen MR) is 82.8 cm³/mol.